The van der Waals surface area contributed by atoms with Crippen molar-refractivity contribution in [2.24, 2.45) is 0 Å². The third kappa shape index (κ3) is 3.56. The van der Waals surface area contributed by atoms with Gasteiger partial charge in [-0.2, -0.15) is 5.10 Å². The highest BCUT2D eigenvalue weighted by molar-refractivity contribution is 9.10. The van der Waals surface area contributed by atoms with Crippen LogP contribution in [0.4, 0.5) is 5.82 Å². The average molecular weight is 431 g/mol. The molecular formula is C18H15BrN4O2S. The Hall–Kier alpha value is -2.45. The summed E-state index contributed by atoms with van der Waals surface area (Å²) >= 11 is 4.94. The van der Waals surface area contributed by atoms with E-state index in [1.165, 1.54) is 11.9 Å². The van der Waals surface area contributed by atoms with Crippen molar-refractivity contribution in [1.29, 1.82) is 0 Å². The summed E-state index contributed by atoms with van der Waals surface area (Å²) in [4.78, 5) is 1.06. The molecule has 0 unspecified atom stereocenters. The van der Waals surface area contributed by atoms with Gasteiger partial charge in [-0.05, 0) is 53.9 Å². The second-order valence-corrected chi connectivity index (χ2v) is 7.36. The number of aromatic nitrogens is 3. The third-order valence-corrected chi connectivity index (χ3v) is 5.06. The van der Waals surface area contributed by atoms with Gasteiger partial charge < -0.3 is 14.0 Å². The van der Waals surface area contributed by atoms with E-state index in [0.29, 0.717) is 23.7 Å². The van der Waals surface area contributed by atoms with Crippen molar-refractivity contribution in [3.63, 3.8) is 0 Å². The predicted molar refractivity (Wildman–Crippen MR) is 106 cm³/mol. The van der Waals surface area contributed by atoms with Crippen molar-refractivity contribution >= 4 is 44.7 Å². The topological polar surface area (TPSA) is 65.1 Å². The van der Waals surface area contributed by atoms with E-state index < -0.39 is 0 Å². The summed E-state index contributed by atoms with van der Waals surface area (Å²) in [6, 6.07) is 13.9. The lowest BCUT2D eigenvalue weighted by atomic mass is 10.1. The smallest absolute Gasteiger partial charge is 0.191 e. The van der Waals surface area contributed by atoms with Gasteiger partial charge in [0.1, 0.15) is 11.1 Å². The zero-order valence-corrected chi connectivity index (χ0v) is 16.3. The van der Waals surface area contributed by atoms with E-state index >= 15 is 0 Å². The molecule has 0 radical (unpaired) electrons. The molecule has 8 heteroatoms. The number of nitrogens with one attached hydrogen (secondary N) is 1. The van der Waals surface area contributed by atoms with Crippen molar-refractivity contribution in [2.45, 2.75) is 11.4 Å². The van der Waals surface area contributed by atoms with E-state index in [1.807, 2.05) is 53.3 Å². The molecule has 0 bridgehead atoms. The zero-order chi connectivity index (χ0) is 17.9. The van der Waals surface area contributed by atoms with Gasteiger partial charge in [0.25, 0.3) is 0 Å². The van der Waals surface area contributed by atoms with Gasteiger partial charge in [-0.3, -0.25) is 4.68 Å². The Balaban J connectivity index is 1.62. The van der Waals surface area contributed by atoms with Crippen molar-refractivity contribution in [2.75, 3.05) is 11.8 Å². The molecule has 132 valence electrons. The number of halogens is 1. The van der Waals surface area contributed by atoms with Crippen LogP contribution in [0.1, 0.15) is 5.56 Å². The van der Waals surface area contributed by atoms with Crippen LogP contribution in [0, 0.1) is 0 Å². The zero-order valence-electron chi connectivity index (χ0n) is 13.8. The first-order valence-electron chi connectivity index (χ1n) is 7.85. The van der Waals surface area contributed by atoms with Gasteiger partial charge in [-0.15, -0.1) is 0 Å². The van der Waals surface area contributed by atoms with Crippen LogP contribution >= 0.6 is 27.9 Å². The fraction of sp³-hybridized carbons (Fsp3) is 0.111. The lowest BCUT2D eigenvalue weighted by Crippen LogP contribution is -2.00. The van der Waals surface area contributed by atoms with Gasteiger partial charge in [0.05, 0.1) is 13.7 Å². The number of anilines is 1. The number of fused-ring (bicyclic) bond motifs is 1. The standard InChI is InChI=1S/C18H15BrN4O2S/c1-24-15-8-12(11-23-7-3-6-20-23)9-16-17(15)18(21-25-16)22-26-14-5-2-4-13(19)10-14/h2-10H,11H2,1H3,(H,21,22). The van der Waals surface area contributed by atoms with Crippen LogP contribution in [-0.4, -0.2) is 22.0 Å². The monoisotopic (exact) mass is 430 g/mol. The normalized spacial score (nSPS) is 11.0. The molecule has 0 atom stereocenters. The Morgan fingerprint density at radius 3 is 2.96 bits per heavy atom. The van der Waals surface area contributed by atoms with Gasteiger partial charge >= 0.3 is 0 Å². The molecule has 0 amide bonds. The first-order chi connectivity index (χ1) is 12.7. The fourth-order valence-corrected chi connectivity index (χ4v) is 3.87. The Morgan fingerprint density at radius 2 is 2.19 bits per heavy atom. The maximum Gasteiger partial charge on any atom is 0.191 e. The maximum atomic E-state index is 5.57. The first-order valence-corrected chi connectivity index (χ1v) is 9.46. The molecule has 0 fully saturated rings. The van der Waals surface area contributed by atoms with E-state index in [4.69, 9.17) is 9.26 Å². The highest BCUT2D eigenvalue weighted by atomic mass is 79.9. The third-order valence-electron chi connectivity index (χ3n) is 3.78. The fourth-order valence-electron chi connectivity index (χ4n) is 2.63. The average Bonchev–Trinajstić information content (AvgIpc) is 3.29. The molecule has 2 heterocycles. The highest BCUT2D eigenvalue weighted by Crippen LogP contribution is 2.36. The second-order valence-electron chi connectivity index (χ2n) is 5.57. The lowest BCUT2D eigenvalue weighted by Gasteiger charge is -2.08. The number of methoxy groups -OCH3 is 1. The van der Waals surface area contributed by atoms with Crippen LogP contribution in [0.3, 0.4) is 0 Å². The molecular weight excluding hydrogens is 416 g/mol. The molecule has 4 aromatic rings. The van der Waals surface area contributed by atoms with Crippen LogP contribution in [-0.2, 0) is 6.54 Å². The number of ether oxygens (including phenoxy) is 1. The Morgan fingerprint density at radius 1 is 1.27 bits per heavy atom. The summed E-state index contributed by atoms with van der Waals surface area (Å²) in [7, 11) is 1.64. The van der Waals surface area contributed by atoms with E-state index in [2.05, 4.69) is 30.9 Å². The van der Waals surface area contributed by atoms with Gasteiger partial charge in [0.2, 0.25) is 0 Å². The van der Waals surface area contributed by atoms with Crippen LogP contribution in [0.5, 0.6) is 5.75 Å². The number of nitrogens with zero attached hydrogens (tertiary/aromatic N) is 3. The molecule has 2 aromatic carbocycles. The summed E-state index contributed by atoms with van der Waals surface area (Å²) in [5, 5.41) is 9.21. The summed E-state index contributed by atoms with van der Waals surface area (Å²) in [5.41, 5.74) is 1.70. The minimum absolute atomic E-state index is 0.632. The molecule has 0 saturated heterocycles. The number of benzene rings is 2. The van der Waals surface area contributed by atoms with Crippen molar-refractivity contribution in [3.05, 3.63) is 64.9 Å². The second kappa shape index (κ2) is 7.43. The molecule has 6 nitrogen and oxygen atoms in total. The summed E-state index contributed by atoms with van der Waals surface area (Å²) < 4.78 is 17.2. The Labute approximate surface area is 162 Å². The molecule has 0 aliphatic carbocycles. The van der Waals surface area contributed by atoms with Gasteiger partial charge in [-0.1, -0.05) is 27.2 Å². The van der Waals surface area contributed by atoms with E-state index in [-0.39, 0.29) is 0 Å². The molecule has 1 N–H and O–H groups in total. The summed E-state index contributed by atoms with van der Waals surface area (Å²) in [5.74, 6) is 1.34. The van der Waals surface area contributed by atoms with Crippen molar-refractivity contribution in [1.82, 2.24) is 14.9 Å². The number of hydrogen-bond donors (Lipinski definition) is 1. The van der Waals surface area contributed by atoms with Gasteiger partial charge in [-0.25, -0.2) is 0 Å². The molecule has 0 saturated carbocycles. The largest absolute Gasteiger partial charge is 0.496 e. The predicted octanol–water partition coefficient (Wildman–Crippen LogP) is 4.96. The minimum atomic E-state index is 0.632. The molecule has 4 rings (SSSR count). The maximum absolute atomic E-state index is 5.57. The SMILES string of the molecule is COc1cc(Cn2cccn2)cc2onc(NSc3cccc(Br)c3)c12. The van der Waals surface area contributed by atoms with E-state index in [0.717, 1.165) is 20.3 Å². The van der Waals surface area contributed by atoms with Crippen molar-refractivity contribution in [3.8, 4) is 5.75 Å². The van der Waals surface area contributed by atoms with Crippen molar-refractivity contribution < 1.29 is 9.26 Å². The molecule has 0 spiro atoms. The van der Waals surface area contributed by atoms with Crippen LogP contribution in [0.2, 0.25) is 0 Å². The number of hydrogen-bond acceptors (Lipinski definition) is 6. The van der Waals surface area contributed by atoms with Crippen LogP contribution < -0.4 is 9.46 Å². The minimum Gasteiger partial charge on any atom is -0.496 e. The quantitative estimate of drug-likeness (QED) is 0.436. The molecule has 0 aliphatic heterocycles. The molecule has 0 aliphatic rings. The number of rotatable bonds is 6. The summed E-state index contributed by atoms with van der Waals surface area (Å²) in [6.07, 6.45) is 3.67. The highest BCUT2D eigenvalue weighted by Gasteiger charge is 2.16. The van der Waals surface area contributed by atoms with Crippen LogP contribution in [0.15, 0.2) is 68.7 Å². The summed E-state index contributed by atoms with van der Waals surface area (Å²) in [6.45, 7) is 0.634. The molecule has 2 aromatic heterocycles. The molecule has 26 heavy (non-hydrogen) atoms. The Bertz CT molecular complexity index is 1030. The van der Waals surface area contributed by atoms with Gasteiger partial charge in [0.15, 0.2) is 11.4 Å². The Kier molecular flexibility index (Phi) is 4.85. The van der Waals surface area contributed by atoms with Gasteiger partial charge in [0, 0.05) is 21.8 Å². The lowest BCUT2D eigenvalue weighted by molar-refractivity contribution is 0.418. The van der Waals surface area contributed by atoms with E-state index in [1.54, 1.807) is 13.3 Å². The van der Waals surface area contributed by atoms with E-state index in [9.17, 15) is 0 Å². The van der Waals surface area contributed by atoms with Crippen LogP contribution in [0.25, 0.3) is 11.0 Å². The first kappa shape index (κ1) is 17.0.